The zero-order valence-electron chi connectivity index (χ0n) is 13.7. The summed E-state index contributed by atoms with van der Waals surface area (Å²) < 4.78 is 39.5. The summed E-state index contributed by atoms with van der Waals surface area (Å²) in [7, 11) is 0. The van der Waals surface area contributed by atoms with E-state index in [1.807, 2.05) is 0 Å². The molecule has 3 aromatic rings. The van der Waals surface area contributed by atoms with Crippen LogP contribution in [0, 0.1) is 0 Å². The Morgan fingerprint density at radius 1 is 1.25 bits per heavy atom. The van der Waals surface area contributed by atoms with Crippen LogP contribution in [0.1, 0.15) is 5.56 Å². The van der Waals surface area contributed by atoms with Gasteiger partial charge in [-0.3, -0.25) is 9.36 Å². The zero-order valence-corrected chi connectivity index (χ0v) is 16.1. The first-order chi connectivity index (χ1) is 13.2. The molecule has 0 saturated carbocycles. The number of aromatic nitrogens is 4. The standard InChI is InChI=1S/C16H10Cl2F3N5OS/c17-10-2-1-3-11(5-10)26-8-23-25-15(26)28-7-13(27)24-14-12(18)4-9(6-22-14)16(19,20)21/h1-6,8H,7H2,(H,22,24,27). The van der Waals surface area contributed by atoms with Gasteiger partial charge in [-0.15, -0.1) is 10.2 Å². The van der Waals surface area contributed by atoms with Crippen molar-refractivity contribution in [2.75, 3.05) is 11.1 Å². The first kappa shape index (κ1) is 20.4. The maximum atomic E-state index is 12.6. The van der Waals surface area contributed by atoms with Gasteiger partial charge in [0.05, 0.1) is 22.0 Å². The lowest BCUT2D eigenvalue weighted by Gasteiger charge is -2.10. The number of hydrogen-bond acceptors (Lipinski definition) is 5. The first-order valence-corrected chi connectivity index (χ1v) is 9.29. The second-order valence-corrected chi connectivity index (χ2v) is 7.14. The lowest BCUT2D eigenvalue weighted by atomic mass is 10.3. The number of rotatable bonds is 5. The fourth-order valence-electron chi connectivity index (χ4n) is 2.11. The third-order valence-corrected chi connectivity index (χ3v) is 4.83. The van der Waals surface area contributed by atoms with E-state index in [0.29, 0.717) is 28.1 Å². The third kappa shape index (κ3) is 4.94. The van der Waals surface area contributed by atoms with Crippen LogP contribution in [-0.4, -0.2) is 31.4 Å². The van der Waals surface area contributed by atoms with E-state index in [1.54, 1.807) is 28.8 Å². The van der Waals surface area contributed by atoms with Crippen molar-refractivity contribution in [3.05, 3.63) is 58.5 Å². The number of nitrogens with one attached hydrogen (secondary N) is 1. The molecule has 0 atom stereocenters. The van der Waals surface area contributed by atoms with Gasteiger partial charge in [-0.25, -0.2) is 4.98 Å². The summed E-state index contributed by atoms with van der Waals surface area (Å²) in [5.74, 6) is -0.755. The average molecular weight is 448 g/mol. The van der Waals surface area contributed by atoms with Crippen molar-refractivity contribution < 1.29 is 18.0 Å². The highest BCUT2D eigenvalue weighted by atomic mass is 35.5. The van der Waals surface area contributed by atoms with Crippen LogP contribution in [0.2, 0.25) is 10.0 Å². The van der Waals surface area contributed by atoms with Gasteiger partial charge in [0, 0.05) is 11.2 Å². The first-order valence-electron chi connectivity index (χ1n) is 7.55. The van der Waals surface area contributed by atoms with Crippen molar-refractivity contribution in [1.82, 2.24) is 19.7 Å². The molecule has 0 saturated heterocycles. The summed E-state index contributed by atoms with van der Waals surface area (Å²) in [5, 5.41) is 10.8. The Balaban J connectivity index is 1.65. The summed E-state index contributed by atoms with van der Waals surface area (Å²) in [6, 6.07) is 7.69. The van der Waals surface area contributed by atoms with Gasteiger partial charge in [0.1, 0.15) is 6.33 Å². The smallest absolute Gasteiger partial charge is 0.309 e. The van der Waals surface area contributed by atoms with Crippen LogP contribution in [0.5, 0.6) is 0 Å². The van der Waals surface area contributed by atoms with Gasteiger partial charge in [-0.05, 0) is 24.3 Å². The molecule has 0 aliphatic rings. The van der Waals surface area contributed by atoms with E-state index in [9.17, 15) is 18.0 Å². The molecular weight excluding hydrogens is 438 g/mol. The molecule has 0 unspecified atom stereocenters. The van der Waals surface area contributed by atoms with Crippen LogP contribution in [0.25, 0.3) is 5.69 Å². The minimum atomic E-state index is -4.57. The maximum absolute atomic E-state index is 12.6. The number of carbonyl (C=O) groups is 1. The second kappa shape index (κ2) is 8.38. The quantitative estimate of drug-likeness (QED) is 0.572. The highest BCUT2D eigenvalue weighted by Gasteiger charge is 2.31. The molecule has 0 aliphatic carbocycles. The minimum Gasteiger partial charge on any atom is -0.309 e. The highest BCUT2D eigenvalue weighted by Crippen LogP contribution is 2.32. The molecule has 0 radical (unpaired) electrons. The Morgan fingerprint density at radius 2 is 2.04 bits per heavy atom. The molecule has 146 valence electrons. The Labute approximate surface area is 171 Å². The largest absolute Gasteiger partial charge is 0.417 e. The van der Waals surface area contributed by atoms with E-state index in [2.05, 4.69) is 20.5 Å². The number of carbonyl (C=O) groups excluding carboxylic acids is 1. The zero-order chi connectivity index (χ0) is 20.3. The van der Waals surface area contributed by atoms with Crippen LogP contribution in [0.3, 0.4) is 0 Å². The normalized spacial score (nSPS) is 11.5. The van der Waals surface area contributed by atoms with E-state index in [0.717, 1.165) is 11.8 Å². The Bertz CT molecular complexity index is 1010. The highest BCUT2D eigenvalue weighted by molar-refractivity contribution is 7.99. The number of thioether (sulfide) groups is 1. The molecule has 0 bridgehead atoms. The predicted molar refractivity (Wildman–Crippen MR) is 100.0 cm³/mol. The second-order valence-electron chi connectivity index (χ2n) is 5.35. The number of amides is 1. The SMILES string of the molecule is O=C(CSc1nncn1-c1cccc(Cl)c1)Nc1ncc(C(F)(F)F)cc1Cl. The molecule has 3 rings (SSSR count). The van der Waals surface area contributed by atoms with E-state index in [-0.39, 0.29) is 16.6 Å². The fraction of sp³-hybridized carbons (Fsp3) is 0.125. The van der Waals surface area contributed by atoms with Crippen LogP contribution in [0.4, 0.5) is 19.0 Å². The molecule has 2 aromatic heterocycles. The molecule has 1 amide bonds. The lowest BCUT2D eigenvalue weighted by Crippen LogP contribution is -2.16. The number of benzene rings is 1. The van der Waals surface area contributed by atoms with Crippen LogP contribution in [0.15, 0.2) is 48.0 Å². The van der Waals surface area contributed by atoms with Crippen molar-refractivity contribution in [2.45, 2.75) is 11.3 Å². The van der Waals surface area contributed by atoms with Crippen LogP contribution < -0.4 is 5.32 Å². The molecule has 12 heteroatoms. The predicted octanol–water partition coefficient (Wildman–Crippen LogP) is 4.72. The third-order valence-electron chi connectivity index (χ3n) is 3.36. The number of pyridine rings is 1. The van der Waals surface area contributed by atoms with Gasteiger partial charge in [0.15, 0.2) is 11.0 Å². The fourth-order valence-corrected chi connectivity index (χ4v) is 3.24. The molecule has 0 spiro atoms. The molecule has 1 aromatic carbocycles. The lowest BCUT2D eigenvalue weighted by molar-refractivity contribution is -0.137. The van der Waals surface area contributed by atoms with Gasteiger partial charge in [0.2, 0.25) is 5.91 Å². The number of nitrogens with zero attached hydrogens (tertiary/aromatic N) is 4. The van der Waals surface area contributed by atoms with Gasteiger partial charge in [0.25, 0.3) is 0 Å². The minimum absolute atomic E-state index is 0.0850. The molecule has 0 fully saturated rings. The summed E-state index contributed by atoms with van der Waals surface area (Å²) in [6.07, 6.45) is -2.50. The Morgan fingerprint density at radius 3 is 2.71 bits per heavy atom. The molecule has 1 N–H and O–H groups in total. The summed E-state index contributed by atoms with van der Waals surface area (Å²) in [4.78, 5) is 15.7. The topological polar surface area (TPSA) is 72.7 Å². The monoisotopic (exact) mass is 447 g/mol. The van der Waals surface area contributed by atoms with Gasteiger partial charge in [-0.1, -0.05) is 41.0 Å². The van der Waals surface area contributed by atoms with Crippen molar-refractivity contribution >= 4 is 46.7 Å². The Kier molecular flexibility index (Phi) is 6.11. The number of alkyl halides is 3. The number of halogens is 5. The van der Waals surface area contributed by atoms with Crippen molar-refractivity contribution in [2.24, 2.45) is 0 Å². The Hall–Kier alpha value is -2.30. The van der Waals surface area contributed by atoms with E-state index < -0.39 is 17.6 Å². The van der Waals surface area contributed by atoms with Crippen LogP contribution in [-0.2, 0) is 11.0 Å². The summed E-state index contributed by atoms with van der Waals surface area (Å²) in [6.45, 7) is 0. The molecule has 2 heterocycles. The molecular formula is C16H10Cl2F3N5OS. The number of hydrogen-bond donors (Lipinski definition) is 1. The van der Waals surface area contributed by atoms with Gasteiger partial charge < -0.3 is 5.32 Å². The van der Waals surface area contributed by atoms with Crippen LogP contribution >= 0.6 is 35.0 Å². The molecule has 28 heavy (non-hydrogen) atoms. The van der Waals surface area contributed by atoms with E-state index in [4.69, 9.17) is 23.2 Å². The van der Waals surface area contributed by atoms with Crippen molar-refractivity contribution in [1.29, 1.82) is 0 Å². The van der Waals surface area contributed by atoms with Gasteiger partial charge >= 0.3 is 6.18 Å². The summed E-state index contributed by atoms with van der Waals surface area (Å²) in [5.41, 5.74) is -0.285. The van der Waals surface area contributed by atoms with E-state index >= 15 is 0 Å². The average Bonchev–Trinajstić information content (AvgIpc) is 3.09. The molecule has 6 nitrogen and oxygen atoms in total. The molecule has 0 aliphatic heterocycles. The number of anilines is 1. The van der Waals surface area contributed by atoms with Crippen molar-refractivity contribution in [3.63, 3.8) is 0 Å². The van der Waals surface area contributed by atoms with Crippen molar-refractivity contribution in [3.8, 4) is 5.69 Å². The summed E-state index contributed by atoms with van der Waals surface area (Å²) >= 11 is 12.8. The van der Waals surface area contributed by atoms with Gasteiger partial charge in [-0.2, -0.15) is 13.2 Å². The maximum Gasteiger partial charge on any atom is 0.417 e. The van der Waals surface area contributed by atoms with E-state index in [1.165, 1.54) is 6.33 Å².